The third kappa shape index (κ3) is 4.93. The van der Waals surface area contributed by atoms with E-state index in [4.69, 9.17) is 5.11 Å². The van der Waals surface area contributed by atoms with E-state index in [0.717, 1.165) is 17.2 Å². The molecule has 0 aliphatic carbocycles. The number of carbonyl (C=O) groups is 2. The van der Waals surface area contributed by atoms with Crippen molar-refractivity contribution in [1.82, 2.24) is 9.88 Å². The van der Waals surface area contributed by atoms with E-state index in [1.807, 2.05) is 0 Å². The summed E-state index contributed by atoms with van der Waals surface area (Å²) in [5, 5.41) is 8.80. The topological polar surface area (TPSA) is 79.7 Å². The van der Waals surface area contributed by atoms with E-state index >= 15 is 0 Å². The summed E-state index contributed by atoms with van der Waals surface area (Å²) in [7, 11) is 1.30. The molecule has 0 aliphatic rings. The number of carboxylic acids is 1. The van der Waals surface area contributed by atoms with Crippen LogP contribution in [0.3, 0.4) is 0 Å². The highest BCUT2D eigenvalue weighted by Gasteiger charge is 2.28. The smallest absolute Gasteiger partial charge is 0.422 e. The Labute approximate surface area is 118 Å². The first kappa shape index (κ1) is 16.7. The Morgan fingerprint density at radius 1 is 1.43 bits per heavy atom. The van der Waals surface area contributed by atoms with Gasteiger partial charge in [-0.1, -0.05) is 0 Å². The van der Waals surface area contributed by atoms with Crippen molar-refractivity contribution in [2.24, 2.45) is 0 Å². The van der Waals surface area contributed by atoms with Gasteiger partial charge in [0.25, 0.3) is 5.91 Å². The molecule has 1 amide bonds. The summed E-state index contributed by atoms with van der Waals surface area (Å²) in [4.78, 5) is 27.2. The zero-order chi connectivity index (χ0) is 16.2. The second-order valence-corrected chi connectivity index (χ2v) is 4.22. The number of aliphatic carboxylic acids is 1. The molecule has 1 unspecified atom stereocenters. The first-order chi connectivity index (χ1) is 9.61. The number of carboxylic acid groups (broad SMARTS) is 1. The van der Waals surface area contributed by atoms with Crippen molar-refractivity contribution in [2.45, 2.75) is 19.1 Å². The molecule has 0 aromatic carbocycles. The Bertz CT molecular complexity index is 516. The Morgan fingerprint density at radius 3 is 2.48 bits per heavy atom. The van der Waals surface area contributed by atoms with Crippen molar-refractivity contribution in [3.63, 3.8) is 0 Å². The molecule has 0 saturated carbocycles. The highest BCUT2D eigenvalue weighted by Crippen LogP contribution is 2.17. The van der Waals surface area contributed by atoms with Gasteiger partial charge in [0.05, 0.1) is 5.56 Å². The molecule has 0 bridgehead atoms. The molecule has 0 saturated heterocycles. The standard InChI is InChI=1S/C12H13F3N2O4/c1-7(11(19)20)17(2)10(18)8-3-4-9(16-5-8)21-6-12(13,14)15/h3-5,7H,6H2,1-2H3,(H,19,20). The summed E-state index contributed by atoms with van der Waals surface area (Å²) in [6.45, 7) is -0.155. The average molecular weight is 306 g/mol. The number of ether oxygens (including phenoxy) is 1. The van der Waals surface area contributed by atoms with Crippen LogP contribution < -0.4 is 4.74 Å². The van der Waals surface area contributed by atoms with Gasteiger partial charge < -0.3 is 14.7 Å². The summed E-state index contributed by atoms with van der Waals surface area (Å²) < 4.78 is 40.2. The van der Waals surface area contributed by atoms with Crippen LogP contribution in [-0.4, -0.2) is 52.7 Å². The normalized spacial score (nSPS) is 12.6. The number of pyridine rings is 1. The van der Waals surface area contributed by atoms with Crippen molar-refractivity contribution in [3.8, 4) is 5.88 Å². The third-order valence-corrected chi connectivity index (χ3v) is 2.63. The summed E-state index contributed by atoms with van der Waals surface area (Å²) in [6, 6.07) is 1.28. The molecule has 0 spiro atoms. The number of alkyl halides is 3. The lowest BCUT2D eigenvalue weighted by Crippen LogP contribution is -2.40. The summed E-state index contributed by atoms with van der Waals surface area (Å²) in [6.07, 6.45) is -3.45. The summed E-state index contributed by atoms with van der Waals surface area (Å²) in [5.41, 5.74) is 0.0463. The van der Waals surface area contributed by atoms with Crippen LogP contribution >= 0.6 is 0 Å². The number of amides is 1. The highest BCUT2D eigenvalue weighted by atomic mass is 19.4. The molecule has 0 radical (unpaired) electrons. The number of likely N-dealkylation sites (N-methyl/N-ethyl adjacent to an activating group) is 1. The quantitative estimate of drug-likeness (QED) is 0.893. The molecule has 6 nitrogen and oxygen atoms in total. The fraction of sp³-hybridized carbons (Fsp3) is 0.417. The zero-order valence-electron chi connectivity index (χ0n) is 11.2. The number of hydrogen-bond acceptors (Lipinski definition) is 4. The summed E-state index contributed by atoms with van der Waals surface area (Å²) in [5.74, 6) is -2.07. The van der Waals surface area contributed by atoms with Gasteiger partial charge in [-0.05, 0) is 13.0 Å². The van der Waals surface area contributed by atoms with Gasteiger partial charge >= 0.3 is 12.1 Å². The number of aromatic nitrogens is 1. The summed E-state index contributed by atoms with van der Waals surface area (Å²) >= 11 is 0. The van der Waals surface area contributed by atoms with E-state index in [1.165, 1.54) is 20.0 Å². The molecule has 1 rings (SSSR count). The van der Waals surface area contributed by atoms with Crippen LogP contribution in [0.25, 0.3) is 0 Å². The third-order valence-electron chi connectivity index (χ3n) is 2.63. The van der Waals surface area contributed by atoms with Gasteiger partial charge in [-0.15, -0.1) is 0 Å². The van der Waals surface area contributed by atoms with Gasteiger partial charge in [-0.25, -0.2) is 9.78 Å². The maximum atomic E-state index is 11.9. The van der Waals surface area contributed by atoms with Gasteiger partial charge in [-0.2, -0.15) is 13.2 Å². The Hall–Kier alpha value is -2.32. The van der Waals surface area contributed by atoms with Crippen molar-refractivity contribution >= 4 is 11.9 Å². The first-order valence-corrected chi connectivity index (χ1v) is 5.77. The van der Waals surface area contributed by atoms with Crippen LogP contribution in [-0.2, 0) is 4.79 Å². The maximum Gasteiger partial charge on any atom is 0.422 e. The second-order valence-electron chi connectivity index (χ2n) is 4.22. The van der Waals surface area contributed by atoms with Crippen molar-refractivity contribution in [3.05, 3.63) is 23.9 Å². The fourth-order valence-electron chi connectivity index (χ4n) is 1.29. The molecule has 1 aromatic rings. The van der Waals surface area contributed by atoms with E-state index in [9.17, 15) is 22.8 Å². The molecule has 1 aromatic heterocycles. The minimum atomic E-state index is -4.48. The lowest BCUT2D eigenvalue weighted by molar-refractivity contribution is -0.154. The Balaban J connectivity index is 2.73. The average Bonchev–Trinajstić information content (AvgIpc) is 2.42. The number of carbonyl (C=O) groups excluding carboxylic acids is 1. The molecule has 1 N–H and O–H groups in total. The van der Waals surface area contributed by atoms with Gasteiger partial charge in [0.1, 0.15) is 6.04 Å². The van der Waals surface area contributed by atoms with E-state index in [-0.39, 0.29) is 11.4 Å². The molecule has 21 heavy (non-hydrogen) atoms. The van der Waals surface area contributed by atoms with Gasteiger partial charge in [0.2, 0.25) is 5.88 Å². The number of hydrogen-bond donors (Lipinski definition) is 1. The lowest BCUT2D eigenvalue weighted by Gasteiger charge is -2.21. The molecule has 1 atom stereocenters. The van der Waals surface area contributed by atoms with E-state index < -0.39 is 30.7 Å². The van der Waals surface area contributed by atoms with Crippen molar-refractivity contribution in [1.29, 1.82) is 0 Å². The van der Waals surface area contributed by atoms with Crippen molar-refractivity contribution < 1.29 is 32.6 Å². The largest absolute Gasteiger partial charge is 0.480 e. The molecule has 116 valence electrons. The Morgan fingerprint density at radius 2 is 2.05 bits per heavy atom. The van der Waals surface area contributed by atoms with Crippen LogP contribution in [0.4, 0.5) is 13.2 Å². The number of halogens is 3. The van der Waals surface area contributed by atoms with E-state index in [1.54, 1.807) is 0 Å². The van der Waals surface area contributed by atoms with Gasteiger partial charge in [0.15, 0.2) is 6.61 Å². The monoisotopic (exact) mass is 306 g/mol. The van der Waals surface area contributed by atoms with Crippen molar-refractivity contribution in [2.75, 3.05) is 13.7 Å². The predicted molar refractivity (Wildman–Crippen MR) is 65.0 cm³/mol. The first-order valence-electron chi connectivity index (χ1n) is 5.77. The van der Waals surface area contributed by atoms with Crippen LogP contribution in [0.2, 0.25) is 0 Å². The maximum absolute atomic E-state index is 11.9. The minimum Gasteiger partial charge on any atom is -0.480 e. The van der Waals surface area contributed by atoms with Crippen LogP contribution in [0.5, 0.6) is 5.88 Å². The molecular formula is C12H13F3N2O4. The van der Waals surface area contributed by atoms with E-state index in [0.29, 0.717) is 0 Å². The molecule has 0 aliphatic heterocycles. The second kappa shape index (κ2) is 6.42. The highest BCUT2D eigenvalue weighted by molar-refractivity contribution is 5.96. The number of nitrogens with zero attached hydrogens (tertiary/aromatic N) is 2. The predicted octanol–water partition coefficient (Wildman–Crippen LogP) is 1.57. The minimum absolute atomic E-state index is 0.0463. The zero-order valence-corrected chi connectivity index (χ0v) is 11.2. The molecular weight excluding hydrogens is 293 g/mol. The SMILES string of the molecule is CC(C(=O)O)N(C)C(=O)c1ccc(OCC(F)(F)F)nc1. The van der Waals surface area contributed by atoms with Crippen LogP contribution in [0.15, 0.2) is 18.3 Å². The lowest BCUT2D eigenvalue weighted by atomic mass is 10.2. The van der Waals surface area contributed by atoms with Crippen LogP contribution in [0, 0.1) is 0 Å². The van der Waals surface area contributed by atoms with E-state index in [2.05, 4.69) is 9.72 Å². The molecule has 1 heterocycles. The van der Waals surface area contributed by atoms with Gasteiger partial charge in [0, 0.05) is 19.3 Å². The van der Waals surface area contributed by atoms with Gasteiger partial charge in [-0.3, -0.25) is 4.79 Å². The number of rotatable bonds is 5. The van der Waals surface area contributed by atoms with Crippen LogP contribution in [0.1, 0.15) is 17.3 Å². The molecule has 9 heteroatoms. The Kier molecular flexibility index (Phi) is 5.12. The fourth-order valence-corrected chi connectivity index (χ4v) is 1.29. The molecule has 0 fully saturated rings.